The summed E-state index contributed by atoms with van der Waals surface area (Å²) in [6.07, 6.45) is 3.46. The number of nitrogens with zero attached hydrogens (tertiary/aromatic N) is 3. The van der Waals surface area contributed by atoms with E-state index in [0.29, 0.717) is 6.54 Å². The van der Waals surface area contributed by atoms with E-state index in [1.807, 2.05) is 51.2 Å². The van der Waals surface area contributed by atoms with Crippen molar-refractivity contribution in [2.75, 3.05) is 7.05 Å². The van der Waals surface area contributed by atoms with Crippen molar-refractivity contribution in [2.24, 2.45) is 0 Å². The van der Waals surface area contributed by atoms with Crippen molar-refractivity contribution in [3.8, 4) is 0 Å². The molecule has 1 aliphatic rings. The number of aryl methyl sites for hydroxylation is 3. The van der Waals surface area contributed by atoms with Gasteiger partial charge >= 0.3 is 0 Å². The molecule has 0 bridgehead atoms. The first-order valence-electron chi connectivity index (χ1n) is 9.27. The van der Waals surface area contributed by atoms with Gasteiger partial charge in [0.25, 0.3) is 0 Å². The molecule has 1 aliphatic carbocycles. The topological polar surface area (TPSA) is 46.1 Å². The van der Waals surface area contributed by atoms with E-state index in [1.165, 1.54) is 22.2 Å². The lowest BCUT2D eigenvalue weighted by molar-refractivity contribution is -0.129. The Bertz CT molecular complexity index is 984. The maximum Gasteiger partial charge on any atom is 0.235 e. The molecule has 6 heteroatoms. The zero-order valence-corrected chi connectivity index (χ0v) is 17.5. The Hall–Kier alpha value is -1.92. The van der Waals surface area contributed by atoms with Crippen LogP contribution >= 0.6 is 23.1 Å². The summed E-state index contributed by atoms with van der Waals surface area (Å²) in [6, 6.07) is 10.1. The van der Waals surface area contributed by atoms with Crippen LogP contribution in [0.5, 0.6) is 0 Å². The third-order valence-corrected chi connectivity index (χ3v) is 7.18. The van der Waals surface area contributed by atoms with Crippen molar-refractivity contribution in [1.29, 1.82) is 0 Å². The standard InChI is InChI=1S/C21H23N3OS2/c1-13(21(25)24(3)12-15-8-5-4-6-9-15)26-19-18-16-10-7-11-17(16)27-20(18)23-14(2)22-19/h4-6,8-9,13H,7,10-12H2,1-3H3/t13-/m0/s1. The number of amides is 1. The number of hydrogen-bond acceptors (Lipinski definition) is 5. The SMILES string of the molecule is Cc1nc(S[C@@H](C)C(=O)N(C)Cc2ccccc2)c2c3c(sc2n1)CCC3. The molecule has 0 spiro atoms. The lowest BCUT2D eigenvalue weighted by Crippen LogP contribution is -2.32. The molecule has 27 heavy (non-hydrogen) atoms. The largest absolute Gasteiger partial charge is 0.340 e. The minimum absolute atomic E-state index is 0.125. The predicted molar refractivity (Wildman–Crippen MR) is 112 cm³/mol. The van der Waals surface area contributed by atoms with E-state index in [0.717, 1.165) is 34.1 Å². The highest BCUT2D eigenvalue weighted by Gasteiger charge is 2.25. The second-order valence-corrected chi connectivity index (χ2v) is 9.47. The highest BCUT2D eigenvalue weighted by Crippen LogP contribution is 2.41. The lowest BCUT2D eigenvalue weighted by Gasteiger charge is -2.21. The van der Waals surface area contributed by atoms with Gasteiger partial charge in [-0.3, -0.25) is 4.79 Å². The van der Waals surface area contributed by atoms with Gasteiger partial charge in [-0.25, -0.2) is 9.97 Å². The number of carbonyl (C=O) groups is 1. The first-order chi connectivity index (χ1) is 13.0. The third-order valence-electron chi connectivity index (χ3n) is 4.92. The first kappa shape index (κ1) is 18.4. The Labute approximate surface area is 168 Å². The van der Waals surface area contributed by atoms with Crippen molar-refractivity contribution in [2.45, 2.75) is 49.9 Å². The maximum absolute atomic E-state index is 12.9. The number of fused-ring (bicyclic) bond motifs is 3. The summed E-state index contributed by atoms with van der Waals surface area (Å²) in [6.45, 7) is 4.53. The molecule has 0 N–H and O–H groups in total. The summed E-state index contributed by atoms with van der Waals surface area (Å²) >= 11 is 3.37. The van der Waals surface area contributed by atoms with Gasteiger partial charge in [-0.2, -0.15) is 0 Å². The van der Waals surface area contributed by atoms with E-state index in [1.54, 1.807) is 28.0 Å². The van der Waals surface area contributed by atoms with E-state index >= 15 is 0 Å². The van der Waals surface area contributed by atoms with Gasteiger partial charge in [0.05, 0.1) is 5.25 Å². The van der Waals surface area contributed by atoms with Crippen LogP contribution in [0.25, 0.3) is 10.2 Å². The summed E-state index contributed by atoms with van der Waals surface area (Å²) in [4.78, 5) is 26.6. The van der Waals surface area contributed by atoms with Gasteiger partial charge in [0.1, 0.15) is 15.7 Å². The molecule has 0 aliphatic heterocycles. The average molecular weight is 398 g/mol. The summed E-state index contributed by atoms with van der Waals surface area (Å²) in [5.74, 6) is 0.905. The Morgan fingerprint density at radius 1 is 1.26 bits per heavy atom. The van der Waals surface area contributed by atoms with Crippen molar-refractivity contribution in [1.82, 2.24) is 14.9 Å². The van der Waals surface area contributed by atoms with E-state index in [4.69, 9.17) is 4.98 Å². The Morgan fingerprint density at radius 3 is 2.81 bits per heavy atom. The number of aromatic nitrogens is 2. The lowest BCUT2D eigenvalue weighted by atomic mass is 10.2. The van der Waals surface area contributed by atoms with E-state index in [2.05, 4.69) is 4.98 Å². The van der Waals surface area contributed by atoms with Crippen LogP contribution in [0.4, 0.5) is 0 Å². The number of thiophene rings is 1. The molecular formula is C21H23N3OS2. The molecule has 0 saturated heterocycles. The minimum atomic E-state index is -0.187. The van der Waals surface area contributed by atoms with Crippen LogP contribution < -0.4 is 0 Å². The van der Waals surface area contributed by atoms with Crippen LogP contribution in [0.1, 0.15) is 35.2 Å². The van der Waals surface area contributed by atoms with Gasteiger partial charge < -0.3 is 4.90 Å². The number of benzene rings is 1. The fourth-order valence-corrected chi connectivity index (χ4v) is 6.12. The molecule has 3 aromatic rings. The first-order valence-corrected chi connectivity index (χ1v) is 11.0. The Balaban J connectivity index is 1.55. The number of thioether (sulfide) groups is 1. The molecule has 4 nitrogen and oxygen atoms in total. The number of carbonyl (C=O) groups excluding carboxylic acids is 1. The maximum atomic E-state index is 12.9. The highest BCUT2D eigenvalue weighted by molar-refractivity contribution is 8.00. The van der Waals surface area contributed by atoms with Crippen LogP contribution in [0.2, 0.25) is 0 Å². The van der Waals surface area contributed by atoms with Gasteiger partial charge in [0.15, 0.2) is 0 Å². The zero-order chi connectivity index (χ0) is 19.0. The van der Waals surface area contributed by atoms with Crippen molar-refractivity contribution >= 4 is 39.2 Å². The predicted octanol–water partition coefficient (Wildman–Crippen LogP) is 4.63. The Morgan fingerprint density at radius 2 is 2.04 bits per heavy atom. The molecule has 0 fully saturated rings. The fourth-order valence-electron chi connectivity index (χ4n) is 3.61. The minimum Gasteiger partial charge on any atom is -0.340 e. The zero-order valence-electron chi connectivity index (χ0n) is 15.9. The molecule has 2 aromatic heterocycles. The van der Waals surface area contributed by atoms with Gasteiger partial charge in [0.2, 0.25) is 5.91 Å². The van der Waals surface area contributed by atoms with Gasteiger partial charge in [-0.1, -0.05) is 42.1 Å². The summed E-state index contributed by atoms with van der Waals surface area (Å²) in [5, 5.41) is 1.97. The van der Waals surface area contributed by atoms with Gasteiger partial charge in [0, 0.05) is 23.9 Å². The summed E-state index contributed by atoms with van der Waals surface area (Å²) < 4.78 is 0. The van der Waals surface area contributed by atoms with Crippen LogP contribution in [0, 0.1) is 6.92 Å². The summed E-state index contributed by atoms with van der Waals surface area (Å²) in [7, 11) is 1.87. The molecule has 140 valence electrons. The van der Waals surface area contributed by atoms with Gasteiger partial charge in [-0.05, 0) is 44.2 Å². The molecule has 0 saturated carbocycles. The van der Waals surface area contributed by atoms with Crippen molar-refractivity contribution in [3.63, 3.8) is 0 Å². The summed E-state index contributed by atoms with van der Waals surface area (Å²) in [5.41, 5.74) is 2.55. The van der Waals surface area contributed by atoms with Crippen LogP contribution in [-0.4, -0.2) is 33.1 Å². The normalized spacial score (nSPS) is 14.3. The molecule has 0 unspecified atom stereocenters. The number of rotatable bonds is 5. The highest BCUT2D eigenvalue weighted by atomic mass is 32.2. The van der Waals surface area contributed by atoms with Gasteiger partial charge in [-0.15, -0.1) is 11.3 Å². The van der Waals surface area contributed by atoms with Crippen LogP contribution in [0.3, 0.4) is 0 Å². The van der Waals surface area contributed by atoms with Crippen molar-refractivity contribution in [3.05, 3.63) is 52.2 Å². The molecular weight excluding hydrogens is 374 g/mol. The molecule has 2 heterocycles. The molecule has 1 amide bonds. The monoisotopic (exact) mass is 397 g/mol. The molecule has 1 aromatic carbocycles. The quantitative estimate of drug-likeness (QED) is 0.465. The molecule has 4 rings (SSSR count). The van der Waals surface area contributed by atoms with Crippen molar-refractivity contribution < 1.29 is 4.79 Å². The second-order valence-electron chi connectivity index (χ2n) is 7.05. The van der Waals surface area contributed by atoms with Crippen LogP contribution in [0.15, 0.2) is 35.4 Å². The molecule has 0 radical (unpaired) electrons. The average Bonchev–Trinajstić information content (AvgIpc) is 3.22. The van der Waals surface area contributed by atoms with Crippen LogP contribution in [-0.2, 0) is 24.2 Å². The second kappa shape index (κ2) is 7.60. The Kier molecular flexibility index (Phi) is 5.19. The van der Waals surface area contributed by atoms with E-state index < -0.39 is 0 Å². The van der Waals surface area contributed by atoms with E-state index in [9.17, 15) is 4.79 Å². The third kappa shape index (κ3) is 3.73. The van der Waals surface area contributed by atoms with E-state index in [-0.39, 0.29) is 11.2 Å². The number of hydrogen-bond donors (Lipinski definition) is 0. The smallest absolute Gasteiger partial charge is 0.235 e. The fraction of sp³-hybridized carbons (Fsp3) is 0.381. The molecule has 1 atom stereocenters.